The highest BCUT2D eigenvalue weighted by atomic mass is 16.2. The van der Waals surface area contributed by atoms with E-state index in [0.717, 1.165) is 11.3 Å². The van der Waals surface area contributed by atoms with E-state index >= 15 is 0 Å². The quantitative estimate of drug-likeness (QED) is 0.882. The monoisotopic (exact) mass is 350 g/mol. The van der Waals surface area contributed by atoms with Crippen molar-refractivity contribution in [3.05, 3.63) is 65.2 Å². The number of rotatable bonds is 5. The van der Waals surface area contributed by atoms with Crippen molar-refractivity contribution in [3.63, 3.8) is 0 Å². The summed E-state index contributed by atoms with van der Waals surface area (Å²) in [5.74, 6) is 0.0767. The lowest BCUT2D eigenvalue weighted by atomic mass is 10.0. The SMILES string of the molecule is Cc1ccc(CN2CC(C(=O)Nc3cccc(C(C)C)c3)CC2=O)cc1. The first-order valence-electron chi connectivity index (χ1n) is 9.16. The molecule has 2 aromatic carbocycles. The molecule has 0 saturated carbocycles. The van der Waals surface area contributed by atoms with Gasteiger partial charge in [-0.25, -0.2) is 0 Å². The van der Waals surface area contributed by atoms with Crippen molar-refractivity contribution in [2.24, 2.45) is 5.92 Å². The smallest absolute Gasteiger partial charge is 0.229 e. The number of likely N-dealkylation sites (tertiary alicyclic amines) is 1. The minimum absolute atomic E-state index is 0.0432. The molecule has 2 aromatic rings. The number of anilines is 1. The first-order valence-corrected chi connectivity index (χ1v) is 9.16. The maximum absolute atomic E-state index is 12.6. The molecule has 0 aromatic heterocycles. The summed E-state index contributed by atoms with van der Waals surface area (Å²) < 4.78 is 0. The molecule has 136 valence electrons. The largest absolute Gasteiger partial charge is 0.338 e. The highest BCUT2D eigenvalue weighted by Gasteiger charge is 2.34. The van der Waals surface area contributed by atoms with Crippen LogP contribution in [-0.2, 0) is 16.1 Å². The lowest BCUT2D eigenvalue weighted by Crippen LogP contribution is -2.28. The number of hydrogen-bond acceptors (Lipinski definition) is 2. The Morgan fingerprint density at radius 2 is 1.92 bits per heavy atom. The summed E-state index contributed by atoms with van der Waals surface area (Å²) in [6, 6.07) is 16.1. The van der Waals surface area contributed by atoms with E-state index in [1.807, 2.05) is 49.4 Å². The molecule has 1 saturated heterocycles. The third kappa shape index (κ3) is 4.31. The van der Waals surface area contributed by atoms with Crippen molar-refractivity contribution in [3.8, 4) is 0 Å². The number of carbonyl (C=O) groups excluding carboxylic acids is 2. The Hall–Kier alpha value is -2.62. The number of carbonyl (C=O) groups is 2. The zero-order valence-corrected chi connectivity index (χ0v) is 15.7. The summed E-state index contributed by atoms with van der Waals surface area (Å²) in [4.78, 5) is 26.7. The van der Waals surface area contributed by atoms with Crippen LogP contribution in [0.2, 0.25) is 0 Å². The van der Waals surface area contributed by atoms with Gasteiger partial charge in [0, 0.05) is 25.2 Å². The number of aryl methyl sites for hydroxylation is 1. The zero-order chi connectivity index (χ0) is 18.7. The van der Waals surface area contributed by atoms with Gasteiger partial charge in [-0.15, -0.1) is 0 Å². The van der Waals surface area contributed by atoms with Crippen molar-refractivity contribution < 1.29 is 9.59 Å². The number of hydrogen-bond donors (Lipinski definition) is 1. The predicted molar refractivity (Wildman–Crippen MR) is 104 cm³/mol. The Morgan fingerprint density at radius 3 is 2.62 bits per heavy atom. The maximum Gasteiger partial charge on any atom is 0.229 e. The molecular formula is C22H26N2O2. The lowest BCUT2D eigenvalue weighted by Gasteiger charge is -2.17. The van der Waals surface area contributed by atoms with E-state index in [1.165, 1.54) is 11.1 Å². The number of nitrogens with one attached hydrogen (secondary N) is 1. The minimum atomic E-state index is -0.296. The van der Waals surface area contributed by atoms with E-state index in [9.17, 15) is 9.59 Å². The Morgan fingerprint density at radius 1 is 1.19 bits per heavy atom. The zero-order valence-electron chi connectivity index (χ0n) is 15.7. The molecule has 0 spiro atoms. The van der Waals surface area contributed by atoms with Crippen molar-refractivity contribution in [2.75, 3.05) is 11.9 Å². The van der Waals surface area contributed by atoms with Gasteiger partial charge in [0.25, 0.3) is 0 Å². The molecule has 2 amide bonds. The highest BCUT2D eigenvalue weighted by molar-refractivity contribution is 5.97. The Labute approximate surface area is 155 Å². The van der Waals surface area contributed by atoms with E-state index in [2.05, 4.69) is 25.2 Å². The molecule has 4 heteroatoms. The number of nitrogens with zero attached hydrogens (tertiary/aromatic N) is 1. The molecule has 1 N–H and O–H groups in total. The molecule has 0 radical (unpaired) electrons. The molecule has 0 aliphatic carbocycles. The van der Waals surface area contributed by atoms with Crippen molar-refractivity contribution in [1.82, 2.24) is 4.90 Å². The van der Waals surface area contributed by atoms with Crippen LogP contribution in [0.4, 0.5) is 5.69 Å². The van der Waals surface area contributed by atoms with Gasteiger partial charge in [0.05, 0.1) is 5.92 Å². The van der Waals surface area contributed by atoms with Gasteiger partial charge in [0.15, 0.2) is 0 Å². The second-order valence-electron chi connectivity index (χ2n) is 7.43. The molecule has 4 nitrogen and oxygen atoms in total. The summed E-state index contributed by atoms with van der Waals surface area (Å²) in [7, 11) is 0. The van der Waals surface area contributed by atoms with Crippen LogP contribution < -0.4 is 5.32 Å². The standard InChI is InChI=1S/C22H26N2O2/c1-15(2)18-5-4-6-20(11-18)23-22(26)19-12-21(25)24(14-19)13-17-9-7-16(3)8-10-17/h4-11,15,19H,12-14H2,1-3H3,(H,23,26). The molecule has 1 heterocycles. The summed E-state index contributed by atoms with van der Waals surface area (Å²) in [5, 5.41) is 2.97. The van der Waals surface area contributed by atoms with Gasteiger partial charge in [-0.1, -0.05) is 55.8 Å². The Balaban J connectivity index is 1.61. The molecule has 1 atom stereocenters. The van der Waals surface area contributed by atoms with E-state index < -0.39 is 0 Å². The van der Waals surface area contributed by atoms with Crippen LogP contribution >= 0.6 is 0 Å². The van der Waals surface area contributed by atoms with Gasteiger partial charge in [-0.05, 0) is 36.1 Å². The molecule has 1 aliphatic rings. The summed E-state index contributed by atoms with van der Waals surface area (Å²) >= 11 is 0. The topological polar surface area (TPSA) is 49.4 Å². The predicted octanol–water partition coefficient (Wildman–Crippen LogP) is 4.11. The molecular weight excluding hydrogens is 324 g/mol. The molecule has 1 fully saturated rings. The molecule has 26 heavy (non-hydrogen) atoms. The van der Waals surface area contributed by atoms with Crippen LogP contribution in [0, 0.1) is 12.8 Å². The molecule has 1 unspecified atom stereocenters. The van der Waals surface area contributed by atoms with Crippen LogP contribution in [0.1, 0.15) is 42.9 Å². The molecule has 0 bridgehead atoms. The van der Waals surface area contributed by atoms with E-state index in [0.29, 0.717) is 19.0 Å². The van der Waals surface area contributed by atoms with Gasteiger partial charge in [-0.3, -0.25) is 9.59 Å². The lowest BCUT2D eigenvalue weighted by molar-refractivity contribution is -0.128. The average molecular weight is 350 g/mol. The number of benzene rings is 2. The van der Waals surface area contributed by atoms with Gasteiger partial charge < -0.3 is 10.2 Å². The van der Waals surface area contributed by atoms with Crippen molar-refractivity contribution in [2.45, 2.75) is 39.7 Å². The fourth-order valence-corrected chi connectivity index (χ4v) is 3.23. The Kier molecular flexibility index (Phi) is 5.40. The Bertz CT molecular complexity index is 796. The first kappa shape index (κ1) is 18.2. The van der Waals surface area contributed by atoms with Crippen LogP contribution in [-0.4, -0.2) is 23.3 Å². The van der Waals surface area contributed by atoms with Crippen LogP contribution in [0.5, 0.6) is 0 Å². The minimum Gasteiger partial charge on any atom is -0.338 e. The van der Waals surface area contributed by atoms with Crippen molar-refractivity contribution in [1.29, 1.82) is 0 Å². The third-order valence-electron chi connectivity index (χ3n) is 4.90. The second-order valence-corrected chi connectivity index (χ2v) is 7.43. The highest BCUT2D eigenvalue weighted by Crippen LogP contribution is 2.23. The maximum atomic E-state index is 12.6. The van der Waals surface area contributed by atoms with Gasteiger partial charge in [-0.2, -0.15) is 0 Å². The van der Waals surface area contributed by atoms with E-state index in [4.69, 9.17) is 0 Å². The molecule has 1 aliphatic heterocycles. The van der Waals surface area contributed by atoms with Gasteiger partial charge in [0.1, 0.15) is 0 Å². The van der Waals surface area contributed by atoms with Gasteiger partial charge >= 0.3 is 0 Å². The van der Waals surface area contributed by atoms with Crippen molar-refractivity contribution >= 4 is 17.5 Å². The summed E-state index contributed by atoms with van der Waals surface area (Å²) in [5.41, 5.74) is 4.27. The van der Waals surface area contributed by atoms with Crippen LogP contribution in [0.25, 0.3) is 0 Å². The summed E-state index contributed by atoms with van der Waals surface area (Å²) in [6.45, 7) is 7.33. The molecule has 3 rings (SSSR count). The average Bonchev–Trinajstić information content (AvgIpc) is 2.98. The fraction of sp³-hybridized carbons (Fsp3) is 0.364. The van der Waals surface area contributed by atoms with Gasteiger partial charge in [0.2, 0.25) is 11.8 Å². The summed E-state index contributed by atoms with van der Waals surface area (Å²) in [6.07, 6.45) is 0.279. The van der Waals surface area contributed by atoms with Crippen LogP contribution in [0.3, 0.4) is 0 Å². The fourth-order valence-electron chi connectivity index (χ4n) is 3.23. The van der Waals surface area contributed by atoms with E-state index in [-0.39, 0.29) is 24.2 Å². The van der Waals surface area contributed by atoms with Crippen LogP contribution in [0.15, 0.2) is 48.5 Å². The third-order valence-corrected chi connectivity index (χ3v) is 4.90. The normalized spacial score (nSPS) is 17.0. The second kappa shape index (κ2) is 7.73. The van der Waals surface area contributed by atoms with E-state index in [1.54, 1.807) is 4.90 Å². The number of amides is 2. The first-order chi connectivity index (χ1) is 12.4.